The number of β-lactam (4-membered cyclic amide) rings is 1. The van der Waals surface area contributed by atoms with Gasteiger partial charge in [0.2, 0.25) is 0 Å². The van der Waals surface area contributed by atoms with E-state index >= 15 is 0 Å². The quantitative estimate of drug-likeness (QED) is 0.211. The lowest BCUT2D eigenvalue weighted by Gasteiger charge is -2.49. The van der Waals surface area contributed by atoms with Crippen LogP contribution >= 0.6 is 23.1 Å². The van der Waals surface area contributed by atoms with Gasteiger partial charge in [-0.2, -0.15) is 5.90 Å². The summed E-state index contributed by atoms with van der Waals surface area (Å²) in [7, 11) is 0. The third-order valence-electron chi connectivity index (χ3n) is 3.91. The van der Waals surface area contributed by atoms with Crippen LogP contribution in [0.4, 0.5) is 5.13 Å². The van der Waals surface area contributed by atoms with Crippen LogP contribution in [0.5, 0.6) is 0 Å². The van der Waals surface area contributed by atoms with Crippen molar-refractivity contribution in [2.75, 3.05) is 11.5 Å². The number of hydrogen-bond donors (Lipinski definition) is 4. The maximum Gasteiger partial charge on any atom is 1.00 e. The molecule has 0 bridgehead atoms. The summed E-state index contributed by atoms with van der Waals surface area (Å²) in [4.78, 5) is 46.2. The predicted octanol–water partition coefficient (Wildman–Crippen LogP) is -0.727. The predicted molar refractivity (Wildman–Crippen MR) is 98.5 cm³/mol. The number of amides is 2. The highest BCUT2D eigenvalue weighted by Gasteiger charge is 2.54. The van der Waals surface area contributed by atoms with Crippen molar-refractivity contribution < 1.29 is 25.9 Å². The van der Waals surface area contributed by atoms with Crippen molar-refractivity contribution >= 4 is 51.7 Å². The second-order valence-corrected chi connectivity index (χ2v) is 7.36. The molecule has 0 spiro atoms. The highest BCUT2D eigenvalue weighted by molar-refractivity contribution is 8.00. The number of nitrogens with two attached hydrogens (primary N) is 2. The number of thiazole rings is 1. The lowest BCUT2D eigenvalue weighted by atomic mass is 10.0. The molecule has 13 heteroatoms. The standard InChI is InChI=1S/C14H14N6O5S2/c1-2-5-3-26-12-8(11(22)20(12)9(5)13(23)25-16)18-10(21)7(19-24)6-4-27-14(15)17-6/h2,4,8,12,24H,1,3,16H2,(H2,15,17)(H,18,21)/p+1/b19-7-/t8-,12-/m1/s1. The molecule has 2 aliphatic heterocycles. The first kappa shape index (κ1) is 18.9. The zero-order valence-corrected chi connectivity index (χ0v) is 15.2. The van der Waals surface area contributed by atoms with Crippen LogP contribution < -0.4 is 16.9 Å². The van der Waals surface area contributed by atoms with Crippen LogP contribution in [-0.2, 0) is 19.2 Å². The number of carbonyl (C=O) groups excluding carboxylic acids is 3. The Morgan fingerprint density at radius 1 is 1.59 bits per heavy atom. The summed E-state index contributed by atoms with van der Waals surface area (Å²) in [6.07, 6.45) is 1.44. The lowest BCUT2D eigenvalue weighted by Crippen LogP contribution is -2.71. The average molecular weight is 411 g/mol. The van der Waals surface area contributed by atoms with Crippen LogP contribution in [0.2, 0.25) is 0 Å². The van der Waals surface area contributed by atoms with Crippen molar-refractivity contribution in [1.82, 2.24) is 15.2 Å². The van der Waals surface area contributed by atoms with Gasteiger partial charge in [-0.3, -0.25) is 14.5 Å². The van der Waals surface area contributed by atoms with Crippen molar-refractivity contribution in [2.24, 2.45) is 11.1 Å². The number of nitrogens with zero attached hydrogens (tertiary/aromatic N) is 3. The smallest absolute Gasteiger partial charge is 0.410 e. The molecule has 27 heavy (non-hydrogen) atoms. The van der Waals surface area contributed by atoms with Crippen LogP contribution in [0.1, 0.15) is 7.12 Å². The molecular weight excluding hydrogens is 396 g/mol. The Hall–Kier alpha value is -2.90. The summed E-state index contributed by atoms with van der Waals surface area (Å²) in [5, 5.41) is 15.7. The van der Waals surface area contributed by atoms with Gasteiger partial charge in [0.1, 0.15) is 22.8 Å². The van der Waals surface area contributed by atoms with E-state index in [2.05, 4.69) is 26.9 Å². The molecule has 0 unspecified atom stereocenters. The first-order valence-corrected chi connectivity index (χ1v) is 9.31. The van der Waals surface area contributed by atoms with Crippen LogP contribution in [-0.4, -0.2) is 55.8 Å². The van der Waals surface area contributed by atoms with E-state index in [1.165, 1.54) is 28.1 Å². The second-order valence-electron chi connectivity index (χ2n) is 5.36. The Balaban J connectivity index is 0.00000280. The zero-order valence-electron chi connectivity index (χ0n) is 14.6. The number of anilines is 1. The number of hydrogen-bond acceptors (Lipinski definition) is 11. The molecule has 1 saturated heterocycles. The third-order valence-corrected chi connectivity index (χ3v) is 5.89. The molecule has 1 aromatic rings. The molecule has 1 aromatic heterocycles. The fourth-order valence-corrected chi connectivity index (χ4v) is 4.55. The Bertz CT molecular complexity index is 901. The van der Waals surface area contributed by atoms with Gasteiger partial charge < -0.3 is 21.1 Å². The molecule has 3 rings (SSSR count). The number of nitrogen functional groups attached to an aromatic ring is 1. The Morgan fingerprint density at radius 2 is 2.33 bits per heavy atom. The molecule has 0 aliphatic carbocycles. The number of carbonyl (C=O) groups is 3. The maximum atomic E-state index is 12.5. The van der Waals surface area contributed by atoms with Gasteiger partial charge in [0.15, 0.2) is 10.8 Å². The Morgan fingerprint density at radius 3 is 2.89 bits per heavy atom. The van der Waals surface area contributed by atoms with E-state index in [4.69, 9.17) is 16.8 Å². The van der Waals surface area contributed by atoms with Crippen molar-refractivity contribution in [3.05, 3.63) is 35.0 Å². The number of thioether (sulfide) groups is 1. The van der Waals surface area contributed by atoms with E-state index in [-0.39, 0.29) is 23.7 Å². The molecule has 2 atom stereocenters. The molecule has 1 fully saturated rings. The fourth-order valence-electron chi connectivity index (χ4n) is 2.66. The van der Waals surface area contributed by atoms with Crippen molar-refractivity contribution in [1.29, 1.82) is 0 Å². The molecule has 11 nitrogen and oxygen atoms in total. The topological polar surface area (TPSA) is 173 Å². The van der Waals surface area contributed by atoms with Crippen LogP contribution in [0.25, 0.3) is 0 Å². The largest absolute Gasteiger partial charge is 1.00 e. The van der Waals surface area contributed by atoms with Gasteiger partial charge in [0, 0.05) is 11.1 Å². The zero-order chi connectivity index (χ0) is 19.7. The van der Waals surface area contributed by atoms with Gasteiger partial charge >= 0.3 is 7.40 Å². The van der Waals surface area contributed by atoms with Gasteiger partial charge in [0.05, 0.1) is 0 Å². The van der Waals surface area contributed by atoms with Crippen molar-refractivity contribution in [3.63, 3.8) is 0 Å². The number of aromatic nitrogens is 1. The van der Waals surface area contributed by atoms with Gasteiger partial charge in [-0.05, 0) is 5.57 Å². The summed E-state index contributed by atoms with van der Waals surface area (Å²) in [6.45, 7) is 3.61. The maximum absolute atomic E-state index is 12.5. The monoisotopic (exact) mass is 411 g/mol. The molecule has 142 valence electrons. The molecule has 0 radical (unpaired) electrons. The number of nitrogens with one attached hydrogen (secondary N) is 1. The second kappa shape index (κ2) is 7.38. The minimum absolute atomic E-state index is 0. The molecule has 0 aromatic carbocycles. The molecule has 2 amide bonds. The van der Waals surface area contributed by atoms with E-state index < -0.39 is 29.2 Å². The summed E-state index contributed by atoms with van der Waals surface area (Å²) in [6, 6.07) is -0.929. The fraction of sp³-hybridized carbons (Fsp3) is 0.214. The van der Waals surface area contributed by atoms with Gasteiger partial charge in [-0.25, -0.2) is 9.78 Å². The first-order chi connectivity index (χ1) is 12.9. The number of oxime groups is 1. The molecule has 0 saturated carbocycles. The van der Waals surface area contributed by atoms with Crippen LogP contribution in [0.3, 0.4) is 0 Å². The minimum atomic E-state index is -0.929. The molecule has 6 N–H and O–H groups in total. The van der Waals surface area contributed by atoms with Crippen molar-refractivity contribution in [2.45, 2.75) is 11.4 Å². The van der Waals surface area contributed by atoms with E-state index in [0.29, 0.717) is 11.3 Å². The molecular formula is C14H15N6O5S2+. The van der Waals surface area contributed by atoms with E-state index in [0.717, 1.165) is 11.3 Å². The summed E-state index contributed by atoms with van der Waals surface area (Å²) in [5.74, 6) is 3.11. The van der Waals surface area contributed by atoms with E-state index in [9.17, 15) is 14.4 Å². The molecule has 2 aliphatic rings. The normalized spacial score (nSPS) is 22.0. The number of rotatable bonds is 5. The van der Waals surface area contributed by atoms with Crippen LogP contribution in [0.15, 0.2) is 34.5 Å². The summed E-state index contributed by atoms with van der Waals surface area (Å²) < 4.78 is 0. The first-order valence-electron chi connectivity index (χ1n) is 7.38. The van der Waals surface area contributed by atoms with Crippen molar-refractivity contribution in [3.8, 4) is 0 Å². The van der Waals surface area contributed by atoms with Gasteiger partial charge in [-0.1, -0.05) is 17.8 Å². The average Bonchev–Trinajstić information content (AvgIpc) is 3.10. The lowest BCUT2D eigenvalue weighted by molar-refractivity contribution is -0.152. The van der Waals surface area contributed by atoms with Gasteiger partial charge in [-0.15, -0.1) is 23.1 Å². The number of fused-ring (bicyclic) bond motifs is 1. The Labute approximate surface area is 162 Å². The highest BCUT2D eigenvalue weighted by Crippen LogP contribution is 2.40. The Kier molecular flexibility index (Phi) is 5.16. The minimum Gasteiger partial charge on any atom is -0.410 e. The number of allylic oxidation sites excluding steroid dienone is 1. The van der Waals surface area contributed by atoms with Crippen LogP contribution in [0, 0.1) is 0 Å². The van der Waals surface area contributed by atoms with Gasteiger partial charge in [0.25, 0.3) is 11.8 Å². The van der Waals surface area contributed by atoms with E-state index in [1.807, 2.05) is 0 Å². The third kappa shape index (κ3) is 3.15. The molecule has 3 heterocycles. The SMILES string of the molecule is C=CC1=C(C(=O)ON)N2C(=O)[C@@H](NC(=O)/C(=N\O)c3csc(N)n3)[C@H]2SC1.[H+]. The van der Waals surface area contributed by atoms with E-state index in [1.54, 1.807) is 0 Å². The highest BCUT2D eigenvalue weighted by atomic mass is 32.2. The summed E-state index contributed by atoms with van der Waals surface area (Å²) in [5.41, 5.74) is 5.71. The summed E-state index contributed by atoms with van der Waals surface area (Å²) >= 11 is 2.40.